The summed E-state index contributed by atoms with van der Waals surface area (Å²) in [6.07, 6.45) is 4.59. The third-order valence-electron chi connectivity index (χ3n) is 4.50. The molecule has 1 aromatic carbocycles. The SMILES string of the molecule is O=C(C[C@H]1[NH2+][C@@H]2CCCC[C@@H]2NC1=O)Nc1ccc(F)cc1. The lowest BCUT2D eigenvalue weighted by Crippen LogP contribution is -3.03. The van der Waals surface area contributed by atoms with Gasteiger partial charge in [0.1, 0.15) is 11.9 Å². The van der Waals surface area contributed by atoms with E-state index in [9.17, 15) is 14.0 Å². The van der Waals surface area contributed by atoms with Gasteiger partial charge in [0.25, 0.3) is 5.91 Å². The van der Waals surface area contributed by atoms with Crippen LogP contribution in [0.1, 0.15) is 32.1 Å². The zero-order valence-electron chi connectivity index (χ0n) is 12.3. The van der Waals surface area contributed by atoms with Crippen LogP contribution in [0.5, 0.6) is 0 Å². The number of nitrogens with two attached hydrogens (primary N) is 1. The zero-order chi connectivity index (χ0) is 15.5. The van der Waals surface area contributed by atoms with Crippen molar-refractivity contribution in [3.05, 3.63) is 30.1 Å². The number of halogens is 1. The van der Waals surface area contributed by atoms with Crippen molar-refractivity contribution in [1.29, 1.82) is 0 Å². The highest BCUT2D eigenvalue weighted by Crippen LogP contribution is 2.18. The van der Waals surface area contributed by atoms with E-state index in [1.54, 1.807) is 0 Å². The van der Waals surface area contributed by atoms with Crippen molar-refractivity contribution in [2.45, 2.75) is 50.2 Å². The van der Waals surface area contributed by atoms with Gasteiger partial charge in [0.15, 0.2) is 6.04 Å². The molecule has 0 aromatic heterocycles. The van der Waals surface area contributed by atoms with Gasteiger partial charge in [0.05, 0.1) is 12.5 Å². The fraction of sp³-hybridized carbons (Fsp3) is 0.500. The second-order valence-corrected chi connectivity index (χ2v) is 6.12. The molecule has 22 heavy (non-hydrogen) atoms. The summed E-state index contributed by atoms with van der Waals surface area (Å²) in [7, 11) is 0. The van der Waals surface area contributed by atoms with Gasteiger partial charge in [-0.05, 0) is 37.1 Å². The first-order valence-corrected chi connectivity index (χ1v) is 7.82. The number of carbonyl (C=O) groups is 2. The third-order valence-corrected chi connectivity index (χ3v) is 4.50. The summed E-state index contributed by atoms with van der Waals surface area (Å²) in [4.78, 5) is 24.2. The maximum Gasteiger partial charge on any atom is 0.279 e. The molecule has 4 N–H and O–H groups in total. The molecule has 3 rings (SSSR count). The number of nitrogens with one attached hydrogen (secondary N) is 2. The van der Waals surface area contributed by atoms with Crippen LogP contribution in [0.3, 0.4) is 0 Å². The topological polar surface area (TPSA) is 74.8 Å². The Kier molecular flexibility index (Phi) is 4.38. The Labute approximate surface area is 128 Å². The van der Waals surface area contributed by atoms with E-state index in [0.29, 0.717) is 11.7 Å². The van der Waals surface area contributed by atoms with Crippen molar-refractivity contribution in [3.63, 3.8) is 0 Å². The van der Waals surface area contributed by atoms with Gasteiger partial charge in [0, 0.05) is 12.1 Å². The molecule has 2 aliphatic rings. The minimum atomic E-state index is -0.375. The predicted octanol–water partition coefficient (Wildman–Crippen LogP) is 0.527. The van der Waals surface area contributed by atoms with Crippen LogP contribution in [-0.4, -0.2) is 29.9 Å². The number of hydrogen-bond acceptors (Lipinski definition) is 2. The first-order valence-electron chi connectivity index (χ1n) is 7.82. The molecule has 0 bridgehead atoms. The van der Waals surface area contributed by atoms with E-state index in [4.69, 9.17) is 0 Å². The smallest absolute Gasteiger partial charge is 0.279 e. The number of carbonyl (C=O) groups excluding carboxylic acids is 2. The number of benzene rings is 1. The van der Waals surface area contributed by atoms with E-state index < -0.39 is 0 Å². The van der Waals surface area contributed by atoms with Crippen molar-refractivity contribution in [2.24, 2.45) is 0 Å². The van der Waals surface area contributed by atoms with Crippen molar-refractivity contribution < 1.29 is 19.3 Å². The second kappa shape index (κ2) is 6.44. The second-order valence-electron chi connectivity index (χ2n) is 6.12. The molecule has 0 spiro atoms. The van der Waals surface area contributed by atoms with Crippen LogP contribution < -0.4 is 16.0 Å². The van der Waals surface area contributed by atoms with Crippen molar-refractivity contribution >= 4 is 17.5 Å². The molecule has 5 nitrogen and oxygen atoms in total. The van der Waals surface area contributed by atoms with Crippen molar-refractivity contribution in [3.8, 4) is 0 Å². The number of rotatable bonds is 3. The van der Waals surface area contributed by atoms with E-state index in [1.165, 1.54) is 30.7 Å². The van der Waals surface area contributed by atoms with Crippen LogP contribution in [0, 0.1) is 5.82 Å². The van der Waals surface area contributed by atoms with Crippen LogP contribution in [0.25, 0.3) is 0 Å². The largest absolute Gasteiger partial charge is 0.342 e. The van der Waals surface area contributed by atoms with E-state index in [2.05, 4.69) is 10.6 Å². The summed E-state index contributed by atoms with van der Waals surface area (Å²) in [6.45, 7) is 0. The summed E-state index contributed by atoms with van der Waals surface area (Å²) in [6, 6.07) is 5.86. The molecule has 1 saturated carbocycles. The Hall–Kier alpha value is -1.95. The molecular formula is C16H21FN3O2+. The molecule has 2 amide bonds. The van der Waals surface area contributed by atoms with Crippen molar-refractivity contribution in [1.82, 2.24) is 5.32 Å². The van der Waals surface area contributed by atoms with Gasteiger partial charge in [-0.3, -0.25) is 9.59 Å². The quantitative estimate of drug-likeness (QED) is 0.762. The maximum absolute atomic E-state index is 12.8. The van der Waals surface area contributed by atoms with Crippen LogP contribution in [-0.2, 0) is 9.59 Å². The summed E-state index contributed by atoms with van der Waals surface area (Å²) in [5, 5.41) is 7.80. The van der Waals surface area contributed by atoms with Crippen LogP contribution >= 0.6 is 0 Å². The van der Waals surface area contributed by atoms with Gasteiger partial charge in [-0.25, -0.2) is 4.39 Å². The summed E-state index contributed by atoms with van der Waals surface area (Å²) in [5.74, 6) is -0.629. The Balaban J connectivity index is 1.56. The highest BCUT2D eigenvalue weighted by atomic mass is 19.1. The average Bonchev–Trinajstić information content (AvgIpc) is 2.50. The molecule has 3 atom stereocenters. The van der Waals surface area contributed by atoms with Gasteiger partial charge in [-0.1, -0.05) is 6.42 Å². The standard InChI is InChI=1S/C16H20FN3O2/c17-10-5-7-11(8-6-10)18-15(21)9-14-16(22)20-13-4-2-1-3-12(13)19-14/h5-8,12-14,19H,1-4,9H2,(H,18,21)(H,20,22)/p+1/t12-,13+,14-/m1/s1. The fourth-order valence-corrected chi connectivity index (χ4v) is 3.35. The monoisotopic (exact) mass is 306 g/mol. The predicted molar refractivity (Wildman–Crippen MR) is 79.5 cm³/mol. The molecule has 118 valence electrons. The first kappa shape index (κ1) is 15.0. The lowest BCUT2D eigenvalue weighted by atomic mass is 9.87. The number of fused-ring (bicyclic) bond motifs is 1. The highest BCUT2D eigenvalue weighted by molar-refractivity contribution is 5.95. The molecule has 1 aromatic rings. The van der Waals surface area contributed by atoms with E-state index in [-0.39, 0.29) is 36.1 Å². The van der Waals surface area contributed by atoms with Gasteiger partial charge in [-0.2, -0.15) is 0 Å². The minimum absolute atomic E-state index is 0.0580. The van der Waals surface area contributed by atoms with Crippen molar-refractivity contribution in [2.75, 3.05) is 5.32 Å². The molecule has 0 radical (unpaired) electrons. The maximum atomic E-state index is 12.8. The molecule has 1 heterocycles. The molecular weight excluding hydrogens is 285 g/mol. The summed E-state index contributed by atoms with van der Waals surface area (Å²) in [5.41, 5.74) is 0.540. The lowest BCUT2D eigenvalue weighted by molar-refractivity contribution is -0.718. The molecule has 1 saturated heterocycles. The molecule has 2 fully saturated rings. The number of piperazine rings is 1. The fourth-order valence-electron chi connectivity index (χ4n) is 3.35. The number of anilines is 1. The zero-order valence-corrected chi connectivity index (χ0v) is 12.3. The van der Waals surface area contributed by atoms with E-state index in [0.717, 1.165) is 19.3 Å². The van der Waals surface area contributed by atoms with Gasteiger partial charge < -0.3 is 16.0 Å². The molecule has 0 unspecified atom stereocenters. The highest BCUT2D eigenvalue weighted by Gasteiger charge is 2.40. The Bertz CT molecular complexity index is 561. The van der Waals surface area contributed by atoms with Gasteiger partial charge in [0.2, 0.25) is 5.91 Å². The van der Waals surface area contributed by atoms with E-state index >= 15 is 0 Å². The van der Waals surface area contributed by atoms with Crippen LogP contribution in [0.4, 0.5) is 10.1 Å². The lowest BCUT2D eigenvalue weighted by Gasteiger charge is -2.37. The Morgan fingerprint density at radius 2 is 2.00 bits per heavy atom. The summed E-state index contributed by atoms with van der Waals surface area (Å²) >= 11 is 0. The molecule has 1 aliphatic heterocycles. The van der Waals surface area contributed by atoms with Gasteiger partial charge >= 0.3 is 0 Å². The Morgan fingerprint density at radius 3 is 2.77 bits per heavy atom. The Morgan fingerprint density at radius 1 is 1.27 bits per heavy atom. The van der Waals surface area contributed by atoms with Gasteiger partial charge in [-0.15, -0.1) is 0 Å². The van der Waals surface area contributed by atoms with Crippen LogP contribution in [0.15, 0.2) is 24.3 Å². The number of amides is 2. The average molecular weight is 306 g/mol. The minimum Gasteiger partial charge on any atom is -0.342 e. The molecule has 6 heteroatoms. The van der Waals surface area contributed by atoms with E-state index in [1.807, 2.05) is 5.32 Å². The normalized spacial score (nSPS) is 27.7. The summed E-state index contributed by atoms with van der Waals surface area (Å²) < 4.78 is 12.8. The number of hydrogen-bond donors (Lipinski definition) is 3. The third kappa shape index (κ3) is 3.44. The molecule has 1 aliphatic carbocycles. The first-order chi connectivity index (χ1) is 10.6. The number of quaternary nitrogens is 1. The van der Waals surface area contributed by atoms with Crippen LogP contribution in [0.2, 0.25) is 0 Å².